The predicted molar refractivity (Wildman–Crippen MR) is 114 cm³/mol. The number of aromatic nitrogens is 1. The molecule has 0 fully saturated rings. The van der Waals surface area contributed by atoms with Gasteiger partial charge in [-0.15, -0.1) is 11.3 Å². The molecule has 1 aromatic carbocycles. The summed E-state index contributed by atoms with van der Waals surface area (Å²) in [5, 5.41) is 3.12. The van der Waals surface area contributed by atoms with Crippen LogP contribution >= 0.6 is 11.3 Å². The minimum absolute atomic E-state index is 0.0409. The Morgan fingerprint density at radius 1 is 1.25 bits per heavy atom. The van der Waals surface area contributed by atoms with E-state index in [0.29, 0.717) is 6.61 Å². The number of unbranched alkanes of at least 4 members (excludes halogenated alkanes) is 4. The van der Waals surface area contributed by atoms with Crippen molar-refractivity contribution in [2.75, 3.05) is 25.2 Å². The summed E-state index contributed by atoms with van der Waals surface area (Å²) in [6.07, 6.45) is 6.24. The zero-order chi connectivity index (χ0) is 19.9. The van der Waals surface area contributed by atoms with Crippen LogP contribution in [0.25, 0.3) is 11.3 Å². The Hall–Kier alpha value is -1.92. The van der Waals surface area contributed by atoms with E-state index in [1.54, 1.807) is 18.4 Å². The Bertz CT molecular complexity index is 790. The molecule has 1 aliphatic heterocycles. The normalized spacial score (nSPS) is 16.2. The summed E-state index contributed by atoms with van der Waals surface area (Å²) >= 11 is 1.64. The second kappa shape index (κ2) is 10.0. The molecule has 1 atom stereocenters. The van der Waals surface area contributed by atoms with Crippen LogP contribution in [0.4, 0.5) is 5.69 Å². The van der Waals surface area contributed by atoms with Crippen LogP contribution in [0, 0.1) is 0 Å². The summed E-state index contributed by atoms with van der Waals surface area (Å²) in [5.74, 6) is 0.818. The number of carbonyl (C=O) groups excluding carboxylic acids is 1. The lowest BCUT2D eigenvalue weighted by Gasteiger charge is -2.33. The van der Waals surface area contributed by atoms with E-state index in [4.69, 9.17) is 14.5 Å². The molecule has 0 N–H and O–H groups in total. The lowest BCUT2D eigenvalue weighted by Crippen LogP contribution is -2.44. The Morgan fingerprint density at radius 3 is 2.86 bits per heavy atom. The number of thiazole rings is 1. The second-order valence-electron chi connectivity index (χ2n) is 7.22. The predicted octanol–water partition coefficient (Wildman–Crippen LogP) is 5.08. The molecule has 1 unspecified atom stereocenters. The number of benzene rings is 1. The Labute approximate surface area is 171 Å². The fourth-order valence-electron chi connectivity index (χ4n) is 3.42. The van der Waals surface area contributed by atoms with Crippen molar-refractivity contribution >= 4 is 22.9 Å². The number of methoxy groups -OCH3 is 1. The van der Waals surface area contributed by atoms with Crippen molar-refractivity contribution < 1.29 is 14.3 Å². The van der Waals surface area contributed by atoms with Gasteiger partial charge in [0, 0.05) is 31.0 Å². The number of nitrogens with zero attached hydrogens (tertiary/aromatic N) is 2. The fourth-order valence-corrected chi connectivity index (χ4v) is 4.21. The third-order valence-corrected chi connectivity index (χ3v) is 5.93. The minimum Gasteiger partial charge on any atom is -0.479 e. The zero-order valence-electron chi connectivity index (χ0n) is 17.1. The van der Waals surface area contributed by atoms with Crippen LogP contribution in [0.1, 0.15) is 51.0 Å². The molecular weight excluding hydrogens is 372 g/mol. The van der Waals surface area contributed by atoms with Crippen molar-refractivity contribution in [3.8, 4) is 17.0 Å². The summed E-state index contributed by atoms with van der Waals surface area (Å²) in [6, 6.07) is 6.03. The average molecular weight is 403 g/mol. The largest absolute Gasteiger partial charge is 0.479 e. The van der Waals surface area contributed by atoms with Gasteiger partial charge in [0.05, 0.1) is 23.0 Å². The minimum atomic E-state index is -0.436. The Balaban J connectivity index is 1.78. The number of rotatable bonds is 10. The first kappa shape index (κ1) is 20.8. The highest BCUT2D eigenvalue weighted by atomic mass is 32.1. The van der Waals surface area contributed by atoms with Gasteiger partial charge in [0.25, 0.3) is 5.91 Å². The van der Waals surface area contributed by atoms with Crippen LogP contribution in [0.15, 0.2) is 23.6 Å². The molecule has 0 radical (unpaired) electrons. The molecule has 3 rings (SSSR count). The maximum Gasteiger partial charge on any atom is 0.267 e. The average Bonchev–Trinajstić information content (AvgIpc) is 3.17. The van der Waals surface area contributed by atoms with Crippen molar-refractivity contribution in [1.82, 2.24) is 4.98 Å². The third-order valence-electron chi connectivity index (χ3n) is 5.02. The lowest BCUT2D eigenvalue weighted by molar-refractivity contribution is -0.125. The van der Waals surface area contributed by atoms with Gasteiger partial charge in [-0.05, 0) is 31.5 Å². The summed E-state index contributed by atoms with van der Waals surface area (Å²) in [5.41, 5.74) is 2.82. The molecular formula is C22H30N2O3S. The van der Waals surface area contributed by atoms with Crippen LogP contribution in [-0.2, 0) is 16.0 Å². The van der Waals surface area contributed by atoms with Crippen LogP contribution in [0.3, 0.4) is 0 Å². The highest BCUT2D eigenvalue weighted by Crippen LogP contribution is 2.38. The molecule has 6 heteroatoms. The zero-order valence-corrected chi connectivity index (χ0v) is 17.9. The second-order valence-corrected chi connectivity index (χ2v) is 8.16. The van der Waals surface area contributed by atoms with Crippen LogP contribution in [-0.4, -0.2) is 37.3 Å². The Kier molecular flexibility index (Phi) is 7.45. The summed E-state index contributed by atoms with van der Waals surface area (Å²) in [6.45, 7) is 5.45. The van der Waals surface area contributed by atoms with E-state index in [1.165, 1.54) is 19.3 Å². The molecule has 0 saturated carbocycles. The highest BCUT2D eigenvalue weighted by Gasteiger charge is 2.31. The van der Waals surface area contributed by atoms with E-state index in [2.05, 4.69) is 12.3 Å². The maximum atomic E-state index is 12.8. The molecule has 1 amide bonds. The first-order chi connectivity index (χ1) is 13.6. The molecule has 5 nitrogen and oxygen atoms in total. The monoisotopic (exact) mass is 402 g/mol. The summed E-state index contributed by atoms with van der Waals surface area (Å²) < 4.78 is 11.0. The molecule has 1 aromatic heterocycles. The van der Waals surface area contributed by atoms with E-state index >= 15 is 0 Å². The summed E-state index contributed by atoms with van der Waals surface area (Å²) in [7, 11) is 1.70. The van der Waals surface area contributed by atoms with Crippen molar-refractivity contribution in [2.24, 2.45) is 0 Å². The van der Waals surface area contributed by atoms with Gasteiger partial charge < -0.3 is 14.4 Å². The molecule has 2 aromatic rings. The molecule has 0 aliphatic carbocycles. The topological polar surface area (TPSA) is 51.7 Å². The van der Waals surface area contributed by atoms with E-state index in [9.17, 15) is 4.79 Å². The number of fused-ring (bicyclic) bond motifs is 1. The van der Waals surface area contributed by atoms with E-state index in [-0.39, 0.29) is 5.91 Å². The van der Waals surface area contributed by atoms with Gasteiger partial charge in [-0.25, -0.2) is 4.98 Å². The van der Waals surface area contributed by atoms with Gasteiger partial charge in [-0.3, -0.25) is 4.79 Å². The van der Waals surface area contributed by atoms with Crippen LogP contribution < -0.4 is 9.64 Å². The molecule has 0 saturated heterocycles. The first-order valence-electron chi connectivity index (χ1n) is 10.2. The first-order valence-corrected chi connectivity index (χ1v) is 11.1. The van der Waals surface area contributed by atoms with Gasteiger partial charge in [-0.1, -0.05) is 32.6 Å². The lowest BCUT2D eigenvalue weighted by atomic mass is 10.1. The molecule has 0 bridgehead atoms. The number of hydrogen-bond acceptors (Lipinski definition) is 5. The Morgan fingerprint density at radius 2 is 2.07 bits per heavy atom. The molecule has 0 spiro atoms. The van der Waals surface area contributed by atoms with E-state index in [0.717, 1.165) is 53.5 Å². The number of carbonyl (C=O) groups is 1. The van der Waals surface area contributed by atoms with Gasteiger partial charge in [0.15, 0.2) is 6.10 Å². The van der Waals surface area contributed by atoms with Crippen molar-refractivity contribution in [3.05, 3.63) is 28.6 Å². The molecule has 1 aliphatic rings. The van der Waals surface area contributed by atoms with Gasteiger partial charge >= 0.3 is 0 Å². The summed E-state index contributed by atoms with van der Waals surface area (Å²) in [4.78, 5) is 19.4. The number of amides is 1. The number of ether oxygens (including phenoxy) is 2. The van der Waals surface area contributed by atoms with Crippen LogP contribution in [0.2, 0.25) is 0 Å². The van der Waals surface area contributed by atoms with Crippen LogP contribution in [0.5, 0.6) is 5.75 Å². The molecule has 2 heterocycles. The highest BCUT2D eigenvalue weighted by molar-refractivity contribution is 7.09. The van der Waals surface area contributed by atoms with Crippen molar-refractivity contribution in [3.63, 3.8) is 0 Å². The molecule has 28 heavy (non-hydrogen) atoms. The molecule has 152 valence electrons. The number of anilines is 1. The number of hydrogen-bond donors (Lipinski definition) is 0. The fraction of sp³-hybridized carbons (Fsp3) is 0.545. The van der Waals surface area contributed by atoms with Gasteiger partial charge in [0.1, 0.15) is 5.75 Å². The smallest absolute Gasteiger partial charge is 0.267 e. The van der Waals surface area contributed by atoms with E-state index in [1.807, 2.05) is 30.0 Å². The van der Waals surface area contributed by atoms with Gasteiger partial charge in [-0.2, -0.15) is 0 Å². The van der Waals surface area contributed by atoms with E-state index < -0.39 is 6.10 Å². The standard InChI is InChI=1S/C22H30N2O3S/c1-4-5-6-7-8-12-24-19-14-17(9-10-20(19)27-16(2)22(24)25)18-15-28-21(23-18)11-13-26-3/h9-10,14-16H,4-8,11-13H2,1-3H3. The van der Waals surface area contributed by atoms with Gasteiger partial charge in [0.2, 0.25) is 0 Å². The quantitative estimate of drug-likeness (QED) is 0.520. The third kappa shape index (κ3) is 4.92. The SMILES string of the molecule is CCCCCCCN1C(=O)C(C)Oc2ccc(-c3csc(CCOC)n3)cc21. The maximum absolute atomic E-state index is 12.8. The van der Waals surface area contributed by atoms with Crippen molar-refractivity contribution in [2.45, 2.75) is 58.5 Å². The van der Waals surface area contributed by atoms with Crippen molar-refractivity contribution in [1.29, 1.82) is 0 Å².